The van der Waals surface area contributed by atoms with Crippen LogP contribution in [-0.4, -0.2) is 19.0 Å². The Bertz CT molecular complexity index is 898. The van der Waals surface area contributed by atoms with Gasteiger partial charge >= 0.3 is 0 Å². The molecule has 142 valence electrons. The van der Waals surface area contributed by atoms with Gasteiger partial charge in [-0.05, 0) is 34.4 Å². The van der Waals surface area contributed by atoms with Crippen LogP contribution in [0, 0.1) is 10.8 Å². The van der Waals surface area contributed by atoms with Crippen LogP contribution in [0.2, 0.25) is 0 Å². The highest BCUT2D eigenvalue weighted by atomic mass is 16.5. The SMILES string of the molecule is COc1cc(C(C)c2ccccc2)c(C(=N)C=N)c(C(C)c2ccccc2)c1. The fourth-order valence-electron chi connectivity index (χ4n) is 3.69. The molecule has 3 nitrogen and oxygen atoms in total. The number of ether oxygens (including phenoxy) is 1. The molecule has 0 saturated heterocycles. The summed E-state index contributed by atoms with van der Waals surface area (Å²) in [4.78, 5) is 0. The van der Waals surface area contributed by atoms with Crippen molar-refractivity contribution in [3.63, 3.8) is 0 Å². The van der Waals surface area contributed by atoms with Gasteiger partial charge in [0, 0.05) is 23.6 Å². The Morgan fingerprint density at radius 3 is 1.61 bits per heavy atom. The lowest BCUT2D eigenvalue weighted by Gasteiger charge is -2.24. The third-order valence-electron chi connectivity index (χ3n) is 5.35. The van der Waals surface area contributed by atoms with Gasteiger partial charge in [0.25, 0.3) is 0 Å². The van der Waals surface area contributed by atoms with Crippen LogP contribution in [0.5, 0.6) is 5.75 Å². The molecule has 0 amide bonds. The normalized spacial score (nSPS) is 12.8. The second-order valence-electron chi connectivity index (χ2n) is 7.00. The minimum Gasteiger partial charge on any atom is -0.497 e. The van der Waals surface area contributed by atoms with E-state index >= 15 is 0 Å². The van der Waals surface area contributed by atoms with E-state index in [1.54, 1.807) is 7.11 Å². The van der Waals surface area contributed by atoms with E-state index in [1.807, 2.05) is 48.5 Å². The molecule has 0 aliphatic carbocycles. The molecular formula is C25H26N2O. The van der Waals surface area contributed by atoms with Crippen LogP contribution in [0.25, 0.3) is 0 Å². The standard InChI is InChI=1S/C25H26N2O/c1-17(19-10-6-4-7-11-19)22-14-21(28-3)15-23(25(22)24(27)16-26)18(2)20-12-8-5-9-13-20/h4-18,26-27H,1-3H3. The summed E-state index contributed by atoms with van der Waals surface area (Å²) in [6.45, 7) is 4.28. The van der Waals surface area contributed by atoms with E-state index in [2.05, 4.69) is 38.1 Å². The molecule has 0 aliphatic heterocycles. The van der Waals surface area contributed by atoms with Crippen molar-refractivity contribution in [1.29, 1.82) is 10.8 Å². The summed E-state index contributed by atoms with van der Waals surface area (Å²) in [5, 5.41) is 16.3. The van der Waals surface area contributed by atoms with Crippen molar-refractivity contribution in [1.82, 2.24) is 0 Å². The van der Waals surface area contributed by atoms with Crippen molar-refractivity contribution in [3.8, 4) is 5.75 Å². The van der Waals surface area contributed by atoms with Crippen molar-refractivity contribution in [2.75, 3.05) is 7.11 Å². The molecule has 0 saturated carbocycles. The van der Waals surface area contributed by atoms with Crippen molar-refractivity contribution >= 4 is 11.9 Å². The lowest BCUT2D eigenvalue weighted by molar-refractivity contribution is 0.413. The van der Waals surface area contributed by atoms with Crippen LogP contribution < -0.4 is 4.74 Å². The van der Waals surface area contributed by atoms with Gasteiger partial charge in [-0.15, -0.1) is 0 Å². The van der Waals surface area contributed by atoms with Gasteiger partial charge in [-0.2, -0.15) is 0 Å². The Kier molecular flexibility index (Phi) is 6.05. The molecule has 2 unspecified atom stereocenters. The molecule has 0 spiro atoms. The minimum atomic E-state index is 0.0772. The van der Waals surface area contributed by atoms with Crippen molar-refractivity contribution < 1.29 is 4.74 Å². The maximum atomic E-state index is 8.52. The van der Waals surface area contributed by atoms with Crippen LogP contribution in [0.1, 0.15) is 53.5 Å². The second-order valence-corrected chi connectivity index (χ2v) is 7.00. The largest absolute Gasteiger partial charge is 0.497 e. The van der Waals surface area contributed by atoms with Gasteiger partial charge in [0.2, 0.25) is 0 Å². The van der Waals surface area contributed by atoms with E-state index in [9.17, 15) is 0 Å². The van der Waals surface area contributed by atoms with Crippen LogP contribution in [0.15, 0.2) is 72.8 Å². The molecule has 0 aromatic heterocycles. The lowest BCUT2D eigenvalue weighted by atomic mass is 9.81. The lowest BCUT2D eigenvalue weighted by Crippen LogP contribution is -2.14. The highest BCUT2D eigenvalue weighted by molar-refractivity contribution is 6.36. The molecule has 28 heavy (non-hydrogen) atoms. The summed E-state index contributed by atoms with van der Waals surface area (Å²) in [5.41, 5.74) is 5.41. The minimum absolute atomic E-state index is 0.0772. The van der Waals surface area contributed by atoms with Crippen LogP contribution in [0.3, 0.4) is 0 Å². The van der Waals surface area contributed by atoms with E-state index in [1.165, 1.54) is 11.1 Å². The van der Waals surface area contributed by atoms with Crippen LogP contribution >= 0.6 is 0 Å². The topological polar surface area (TPSA) is 56.9 Å². The summed E-state index contributed by atoms with van der Waals surface area (Å²) in [6, 6.07) is 24.5. The number of methoxy groups -OCH3 is 1. The average molecular weight is 370 g/mol. The number of nitrogens with one attached hydrogen (secondary N) is 2. The zero-order valence-electron chi connectivity index (χ0n) is 16.6. The molecule has 0 radical (unpaired) electrons. The highest BCUT2D eigenvalue weighted by Crippen LogP contribution is 2.37. The second kappa shape index (κ2) is 8.66. The Balaban J connectivity index is 2.24. The van der Waals surface area contributed by atoms with Gasteiger partial charge in [-0.3, -0.25) is 5.41 Å². The average Bonchev–Trinajstić information content (AvgIpc) is 2.77. The first kappa shape index (κ1) is 19.6. The summed E-state index contributed by atoms with van der Waals surface area (Å²) < 4.78 is 5.61. The number of benzene rings is 3. The van der Waals surface area contributed by atoms with E-state index < -0.39 is 0 Å². The Morgan fingerprint density at radius 2 is 1.25 bits per heavy atom. The fraction of sp³-hybridized carbons (Fsp3) is 0.200. The summed E-state index contributed by atoms with van der Waals surface area (Å²) in [7, 11) is 1.67. The van der Waals surface area contributed by atoms with Crippen molar-refractivity contribution in [2.24, 2.45) is 0 Å². The molecule has 2 atom stereocenters. The third kappa shape index (κ3) is 3.89. The summed E-state index contributed by atoms with van der Waals surface area (Å²) >= 11 is 0. The van der Waals surface area contributed by atoms with E-state index in [0.29, 0.717) is 0 Å². The van der Waals surface area contributed by atoms with Gasteiger partial charge in [0.05, 0.1) is 12.8 Å². The summed E-state index contributed by atoms with van der Waals surface area (Å²) in [6.07, 6.45) is 1.13. The van der Waals surface area contributed by atoms with Gasteiger partial charge in [0.1, 0.15) is 5.75 Å². The summed E-state index contributed by atoms with van der Waals surface area (Å²) in [5.74, 6) is 0.929. The van der Waals surface area contributed by atoms with Crippen LogP contribution in [0.4, 0.5) is 0 Å². The van der Waals surface area contributed by atoms with Gasteiger partial charge in [-0.25, -0.2) is 0 Å². The Labute approximate surface area is 167 Å². The van der Waals surface area contributed by atoms with Gasteiger partial charge < -0.3 is 10.1 Å². The van der Waals surface area contributed by atoms with Gasteiger partial charge in [0.15, 0.2) is 0 Å². The van der Waals surface area contributed by atoms with Gasteiger partial charge in [-0.1, -0.05) is 74.5 Å². The fourth-order valence-corrected chi connectivity index (χ4v) is 3.69. The van der Waals surface area contributed by atoms with Crippen LogP contribution in [-0.2, 0) is 0 Å². The predicted octanol–water partition coefficient (Wildman–Crippen LogP) is 6.02. The van der Waals surface area contributed by atoms with Crippen molar-refractivity contribution in [2.45, 2.75) is 25.7 Å². The maximum Gasteiger partial charge on any atom is 0.119 e. The van der Waals surface area contributed by atoms with Crippen molar-refractivity contribution in [3.05, 3.63) is 101 Å². The van der Waals surface area contributed by atoms with E-state index in [0.717, 1.165) is 28.7 Å². The highest BCUT2D eigenvalue weighted by Gasteiger charge is 2.23. The quantitative estimate of drug-likeness (QED) is 0.491. The molecule has 3 heteroatoms. The first-order valence-corrected chi connectivity index (χ1v) is 9.48. The molecule has 3 aromatic carbocycles. The third-order valence-corrected chi connectivity index (χ3v) is 5.35. The number of hydrogen-bond acceptors (Lipinski definition) is 3. The smallest absolute Gasteiger partial charge is 0.119 e. The van der Waals surface area contributed by atoms with E-state index in [4.69, 9.17) is 15.6 Å². The molecule has 3 aromatic rings. The maximum absolute atomic E-state index is 8.52. The Morgan fingerprint density at radius 1 is 0.821 bits per heavy atom. The molecule has 2 N–H and O–H groups in total. The molecule has 0 aliphatic rings. The number of hydrogen-bond donors (Lipinski definition) is 2. The molecule has 3 rings (SSSR count). The first-order chi connectivity index (χ1) is 13.6. The molecule has 0 fully saturated rings. The molecule has 0 heterocycles. The zero-order valence-corrected chi connectivity index (χ0v) is 16.6. The Hall–Kier alpha value is -3.20. The van der Waals surface area contributed by atoms with E-state index in [-0.39, 0.29) is 17.5 Å². The molecule has 0 bridgehead atoms. The predicted molar refractivity (Wildman–Crippen MR) is 117 cm³/mol. The molecular weight excluding hydrogens is 344 g/mol. The zero-order chi connectivity index (χ0) is 20.1. The first-order valence-electron chi connectivity index (χ1n) is 9.48. The number of rotatable bonds is 7. The monoisotopic (exact) mass is 370 g/mol.